The fourth-order valence-corrected chi connectivity index (χ4v) is 4.00. The van der Waals surface area contributed by atoms with Crippen molar-refractivity contribution in [3.05, 3.63) is 59.7 Å². The number of amides is 2. The molecule has 2 amide bonds. The number of Topliss-reactive ketones (excluding diaryl/α,β-unsaturated/α-hetero) is 1. The summed E-state index contributed by atoms with van der Waals surface area (Å²) in [6, 6.07) is 13.7. The number of aryl methyl sites for hydroxylation is 1. The highest BCUT2D eigenvalue weighted by molar-refractivity contribution is 5.99. The Hall–Kier alpha value is -3.03. The fourth-order valence-electron chi connectivity index (χ4n) is 4.00. The average molecular weight is 439 g/mol. The lowest BCUT2D eigenvalue weighted by Gasteiger charge is -2.27. The van der Waals surface area contributed by atoms with Crippen molar-refractivity contribution in [3.63, 3.8) is 0 Å². The Morgan fingerprint density at radius 2 is 1.66 bits per heavy atom. The maximum atomic E-state index is 13.1. The maximum absolute atomic E-state index is 13.1. The molecule has 0 bridgehead atoms. The van der Waals surface area contributed by atoms with Crippen molar-refractivity contribution in [3.8, 4) is 11.1 Å². The van der Waals surface area contributed by atoms with Gasteiger partial charge in [0.25, 0.3) is 5.91 Å². The highest BCUT2D eigenvalue weighted by Crippen LogP contribution is 2.24. The molecule has 0 aromatic heterocycles. The van der Waals surface area contributed by atoms with Crippen LogP contribution in [0.4, 0.5) is 0 Å². The van der Waals surface area contributed by atoms with E-state index in [0.29, 0.717) is 24.9 Å². The van der Waals surface area contributed by atoms with Crippen LogP contribution in [-0.2, 0) is 16.0 Å². The molecule has 3 rings (SSSR count). The molecule has 1 fully saturated rings. The number of rotatable bonds is 8. The van der Waals surface area contributed by atoms with Crippen molar-refractivity contribution in [2.45, 2.75) is 51.3 Å². The third-order valence-corrected chi connectivity index (χ3v) is 5.93. The largest absolute Gasteiger partial charge is 0.391 e. The third kappa shape index (κ3) is 5.23. The van der Waals surface area contributed by atoms with E-state index in [2.05, 4.69) is 36.5 Å². The van der Waals surface area contributed by atoms with Crippen molar-refractivity contribution < 1.29 is 24.6 Å². The van der Waals surface area contributed by atoms with Crippen molar-refractivity contribution in [2.75, 3.05) is 13.2 Å². The average Bonchev–Trinajstić information content (AvgIpc) is 3.31. The summed E-state index contributed by atoms with van der Waals surface area (Å²) in [5.74, 6) is -1.43. The Balaban J connectivity index is 1.71. The number of nitrogens with one attached hydrogen (secondary N) is 1. The minimum absolute atomic E-state index is 0.252. The number of hydrogen-bond donors (Lipinski definition) is 3. The van der Waals surface area contributed by atoms with Crippen LogP contribution in [0.2, 0.25) is 0 Å². The molecule has 0 radical (unpaired) electrons. The number of aliphatic hydroxyl groups is 2. The van der Waals surface area contributed by atoms with Gasteiger partial charge in [-0.1, -0.05) is 43.3 Å². The lowest BCUT2D eigenvalue weighted by atomic mass is 10.0. The summed E-state index contributed by atoms with van der Waals surface area (Å²) in [5, 5.41) is 21.3. The lowest BCUT2D eigenvalue weighted by Crippen LogP contribution is -2.54. The minimum atomic E-state index is -1.21. The summed E-state index contributed by atoms with van der Waals surface area (Å²) >= 11 is 0. The summed E-state index contributed by atoms with van der Waals surface area (Å²) in [7, 11) is 0. The van der Waals surface area contributed by atoms with Crippen LogP contribution in [0.5, 0.6) is 0 Å². The summed E-state index contributed by atoms with van der Waals surface area (Å²) in [6.45, 7) is 3.13. The highest BCUT2D eigenvalue weighted by Gasteiger charge is 2.37. The number of benzene rings is 2. The number of aliphatic hydroxyl groups excluding tert-OH is 2. The lowest BCUT2D eigenvalue weighted by molar-refractivity contribution is -0.133. The maximum Gasteiger partial charge on any atom is 0.254 e. The number of hydrogen-bond acceptors (Lipinski definition) is 5. The standard InChI is InChI=1S/C25H30N2O5/c1-3-17-6-8-18(9-7-17)19-10-12-20(13-11-19)25(32)27-14-4-5-21(27)24(31)26-23(16(2)29)22(30)15-28/h6-13,16,21,23,28-29H,3-5,14-15H2,1-2H3,(H,26,31)/t16-,21+,23+/m1/s1. The molecule has 2 aromatic carbocycles. The van der Waals surface area contributed by atoms with Gasteiger partial charge >= 0.3 is 0 Å². The van der Waals surface area contributed by atoms with Gasteiger partial charge in [-0.05, 0) is 55.0 Å². The van der Waals surface area contributed by atoms with Gasteiger partial charge in [0.05, 0.1) is 6.10 Å². The van der Waals surface area contributed by atoms with Gasteiger partial charge in [-0.2, -0.15) is 0 Å². The highest BCUT2D eigenvalue weighted by atomic mass is 16.3. The summed E-state index contributed by atoms with van der Waals surface area (Å²) < 4.78 is 0. The van der Waals surface area contributed by atoms with Gasteiger partial charge in [-0.25, -0.2) is 0 Å². The Bertz CT molecular complexity index is 953. The summed E-state index contributed by atoms with van der Waals surface area (Å²) in [5.41, 5.74) is 3.81. The van der Waals surface area contributed by atoms with Gasteiger partial charge in [0.15, 0.2) is 5.78 Å². The molecule has 3 atom stereocenters. The van der Waals surface area contributed by atoms with Gasteiger partial charge in [-0.15, -0.1) is 0 Å². The van der Waals surface area contributed by atoms with Crippen molar-refractivity contribution in [2.24, 2.45) is 0 Å². The van der Waals surface area contributed by atoms with Gasteiger partial charge in [0.2, 0.25) is 5.91 Å². The van der Waals surface area contributed by atoms with Crippen LogP contribution in [0.15, 0.2) is 48.5 Å². The van der Waals surface area contributed by atoms with Crippen LogP contribution in [0, 0.1) is 0 Å². The normalized spacial score (nSPS) is 17.6. The molecule has 1 aliphatic heterocycles. The van der Waals surface area contributed by atoms with Gasteiger partial charge in [-0.3, -0.25) is 14.4 Å². The first-order chi connectivity index (χ1) is 15.3. The van der Waals surface area contributed by atoms with E-state index in [-0.39, 0.29) is 5.91 Å². The van der Waals surface area contributed by atoms with E-state index < -0.39 is 36.5 Å². The SMILES string of the molecule is CCc1ccc(-c2ccc(C(=O)N3CCC[C@H]3C(=O)N[C@H](C(=O)CO)[C@@H](C)O)cc2)cc1. The molecule has 0 spiro atoms. The Morgan fingerprint density at radius 1 is 1.06 bits per heavy atom. The first-order valence-electron chi connectivity index (χ1n) is 11.0. The Labute approximate surface area is 188 Å². The monoisotopic (exact) mass is 438 g/mol. The van der Waals surface area contributed by atoms with Gasteiger partial charge in [0.1, 0.15) is 18.7 Å². The quantitative estimate of drug-likeness (QED) is 0.584. The van der Waals surface area contributed by atoms with E-state index in [4.69, 9.17) is 5.11 Å². The zero-order valence-corrected chi connectivity index (χ0v) is 18.5. The topological polar surface area (TPSA) is 107 Å². The zero-order chi connectivity index (χ0) is 23.3. The summed E-state index contributed by atoms with van der Waals surface area (Å²) in [6.07, 6.45) is 0.964. The number of carbonyl (C=O) groups excluding carboxylic acids is 3. The van der Waals surface area contributed by atoms with Crippen LogP contribution in [0.1, 0.15) is 42.6 Å². The molecule has 1 aliphatic rings. The smallest absolute Gasteiger partial charge is 0.254 e. The number of ketones is 1. The second-order valence-corrected chi connectivity index (χ2v) is 8.14. The van der Waals surface area contributed by atoms with Gasteiger partial charge in [0, 0.05) is 12.1 Å². The molecule has 3 N–H and O–H groups in total. The minimum Gasteiger partial charge on any atom is -0.391 e. The number of likely N-dealkylation sites (tertiary alicyclic amines) is 1. The molecule has 32 heavy (non-hydrogen) atoms. The molecule has 7 heteroatoms. The first-order valence-corrected chi connectivity index (χ1v) is 11.0. The predicted molar refractivity (Wildman–Crippen MR) is 121 cm³/mol. The molecule has 1 heterocycles. The second kappa shape index (κ2) is 10.5. The van der Waals surface area contributed by atoms with Crippen LogP contribution in [0.3, 0.4) is 0 Å². The Morgan fingerprint density at radius 3 is 2.19 bits per heavy atom. The fraction of sp³-hybridized carbons (Fsp3) is 0.400. The zero-order valence-electron chi connectivity index (χ0n) is 18.5. The van der Waals surface area contributed by atoms with E-state index in [1.54, 1.807) is 12.1 Å². The first kappa shape index (κ1) is 23.6. The molecule has 170 valence electrons. The van der Waals surface area contributed by atoms with Crippen LogP contribution < -0.4 is 5.32 Å². The molecule has 0 aliphatic carbocycles. The van der Waals surface area contributed by atoms with Crippen molar-refractivity contribution in [1.82, 2.24) is 10.2 Å². The van der Waals surface area contributed by atoms with E-state index in [1.165, 1.54) is 17.4 Å². The van der Waals surface area contributed by atoms with Crippen molar-refractivity contribution >= 4 is 17.6 Å². The van der Waals surface area contributed by atoms with Crippen molar-refractivity contribution in [1.29, 1.82) is 0 Å². The van der Waals surface area contributed by atoms with Crippen LogP contribution in [-0.4, -0.2) is 64.0 Å². The summed E-state index contributed by atoms with van der Waals surface area (Å²) in [4.78, 5) is 39.2. The molecule has 1 saturated heterocycles. The second-order valence-electron chi connectivity index (χ2n) is 8.14. The predicted octanol–water partition coefficient (Wildman–Crippen LogP) is 1.95. The Kier molecular flexibility index (Phi) is 7.77. The van der Waals surface area contributed by atoms with E-state index in [9.17, 15) is 19.5 Å². The molecule has 7 nitrogen and oxygen atoms in total. The van der Waals surface area contributed by atoms with Gasteiger partial charge < -0.3 is 20.4 Å². The van der Waals surface area contributed by atoms with E-state index in [0.717, 1.165) is 17.5 Å². The molecule has 0 unspecified atom stereocenters. The number of carbonyl (C=O) groups is 3. The van der Waals surface area contributed by atoms with Crippen LogP contribution in [0.25, 0.3) is 11.1 Å². The van der Waals surface area contributed by atoms with E-state index in [1.807, 2.05) is 12.1 Å². The number of nitrogens with zero attached hydrogens (tertiary/aromatic N) is 1. The van der Waals surface area contributed by atoms with E-state index >= 15 is 0 Å². The molecular weight excluding hydrogens is 408 g/mol. The molecule has 2 aromatic rings. The molecular formula is C25H30N2O5. The van der Waals surface area contributed by atoms with Crippen LogP contribution >= 0.6 is 0 Å². The third-order valence-electron chi connectivity index (χ3n) is 5.93. The molecule has 0 saturated carbocycles.